The van der Waals surface area contributed by atoms with Crippen LogP contribution >= 0.6 is 0 Å². The van der Waals surface area contributed by atoms with Gasteiger partial charge in [0.15, 0.2) is 0 Å². The molecule has 6 nitrogen and oxygen atoms in total. The van der Waals surface area contributed by atoms with Gasteiger partial charge in [0.2, 0.25) is 0 Å². The number of carboxylic acid groups (broad SMARTS) is 1. The fourth-order valence-electron chi connectivity index (χ4n) is 1.48. The van der Waals surface area contributed by atoms with E-state index in [9.17, 15) is 14.7 Å². The highest BCUT2D eigenvalue weighted by Crippen LogP contribution is 2.17. The summed E-state index contributed by atoms with van der Waals surface area (Å²) in [4.78, 5) is 26.5. The molecule has 0 aliphatic carbocycles. The molecule has 0 fully saturated rings. The molecule has 96 valence electrons. The van der Waals surface area contributed by atoms with Gasteiger partial charge in [-0.3, -0.25) is 4.79 Å². The minimum Gasteiger partial charge on any atom is -0.507 e. The van der Waals surface area contributed by atoms with E-state index in [0.29, 0.717) is 0 Å². The van der Waals surface area contributed by atoms with Gasteiger partial charge in [-0.05, 0) is 24.3 Å². The molecule has 1 heterocycles. The average molecular weight is 258 g/mol. The van der Waals surface area contributed by atoms with Crippen LogP contribution in [0.3, 0.4) is 0 Å². The van der Waals surface area contributed by atoms with Gasteiger partial charge in [-0.15, -0.1) is 0 Å². The van der Waals surface area contributed by atoms with E-state index in [1.807, 2.05) is 0 Å². The second-order valence-corrected chi connectivity index (χ2v) is 3.71. The molecular weight excluding hydrogens is 248 g/mol. The van der Waals surface area contributed by atoms with Crippen LogP contribution in [0.5, 0.6) is 5.75 Å². The fourth-order valence-corrected chi connectivity index (χ4v) is 1.48. The van der Waals surface area contributed by atoms with Gasteiger partial charge >= 0.3 is 5.97 Å². The van der Waals surface area contributed by atoms with Crippen molar-refractivity contribution in [3.63, 3.8) is 0 Å². The average Bonchev–Trinajstić information content (AvgIpc) is 2.39. The van der Waals surface area contributed by atoms with Crippen LogP contribution in [0.4, 0.5) is 5.82 Å². The minimum atomic E-state index is -1.11. The molecule has 6 heteroatoms. The zero-order chi connectivity index (χ0) is 13.8. The molecule has 0 unspecified atom stereocenters. The van der Waals surface area contributed by atoms with E-state index in [1.165, 1.54) is 30.5 Å². The molecule has 3 N–H and O–H groups in total. The Kier molecular flexibility index (Phi) is 3.42. The van der Waals surface area contributed by atoms with E-state index in [4.69, 9.17) is 5.11 Å². The highest BCUT2D eigenvalue weighted by molar-refractivity contribution is 6.06. The van der Waals surface area contributed by atoms with E-state index in [1.54, 1.807) is 12.1 Å². The van der Waals surface area contributed by atoms with Crippen molar-refractivity contribution in [2.45, 2.75) is 0 Å². The number of carboxylic acids is 1. The molecule has 1 aromatic heterocycles. The SMILES string of the molecule is O=C(O)c1ccnc(NC(=O)c2ccccc2O)c1. The highest BCUT2D eigenvalue weighted by atomic mass is 16.4. The van der Waals surface area contributed by atoms with Crippen molar-refractivity contribution >= 4 is 17.7 Å². The molecule has 0 spiro atoms. The Morgan fingerprint density at radius 3 is 2.58 bits per heavy atom. The number of aromatic carboxylic acids is 1. The molecule has 0 aliphatic heterocycles. The van der Waals surface area contributed by atoms with Gasteiger partial charge in [0.25, 0.3) is 5.91 Å². The van der Waals surface area contributed by atoms with Gasteiger partial charge in [-0.1, -0.05) is 12.1 Å². The molecule has 19 heavy (non-hydrogen) atoms. The fraction of sp³-hybridized carbons (Fsp3) is 0. The number of nitrogens with one attached hydrogen (secondary N) is 1. The number of rotatable bonds is 3. The number of hydrogen-bond acceptors (Lipinski definition) is 4. The van der Waals surface area contributed by atoms with Gasteiger partial charge in [0.1, 0.15) is 11.6 Å². The molecule has 0 bridgehead atoms. The minimum absolute atomic E-state index is 0.0163. The second-order valence-electron chi connectivity index (χ2n) is 3.71. The number of pyridine rings is 1. The standard InChI is InChI=1S/C13H10N2O4/c16-10-4-2-1-3-9(10)12(17)15-11-7-8(13(18)19)5-6-14-11/h1-7,16H,(H,18,19)(H,14,15,17). The maximum absolute atomic E-state index is 11.9. The zero-order valence-corrected chi connectivity index (χ0v) is 9.70. The lowest BCUT2D eigenvalue weighted by molar-refractivity contribution is 0.0696. The summed E-state index contributed by atoms with van der Waals surface area (Å²) in [7, 11) is 0. The predicted octanol–water partition coefficient (Wildman–Crippen LogP) is 1.74. The number of phenolic OH excluding ortho intramolecular Hbond substituents is 1. The first-order valence-electron chi connectivity index (χ1n) is 5.36. The van der Waals surface area contributed by atoms with Gasteiger partial charge in [0.05, 0.1) is 11.1 Å². The summed E-state index contributed by atoms with van der Waals surface area (Å²) in [6.45, 7) is 0. The van der Waals surface area contributed by atoms with E-state index in [0.717, 1.165) is 0 Å². The molecular formula is C13H10N2O4. The monoisotopic (exact) mass is 258 g/mol. The van der Waals surface area contributed by atoms with Crippen LogP contribution < -0.4 is 5.32 Å². The molecule has 0 radical (unpaired) electrons. The number of anilines is 1. The van der Waals surface area contributed by atoms with Crippen molar-refractivity contribution in [2.24, 2.45) is 0 Å². The molecule has 1 amide bonds. The number of aromatic nitrogens is 1. The largest absolute Gasteiger partial charge is 0.507 e. The van der Waals surface area contributed by atoms with Crippen molar-refractivity contribution in [2.75, 3.05) is 5.32 Å². The van der Waals surface area contributed by atoms with Crippen LogP contribution in [-0.2, 0) is 0 Å². The molecule has 0 atom stereocenters. The topological polar surface area (TPSA) is 99.5 Å². The van der Waals surface area contributed by atoms with E-state index in [-0.39, 0.29) is 22.7 Å². The summed E-state index contributed by atoms with van der Waals surface area (Å²) in [5.74, 6) is -1.73. The predicted molar refractivity (Wildman–Crippen MR) is 67.3 cm³/mol. The Morgan fingerprint density at radius 1 is 1.16 bits per heavy atom. The van der Waals surface area contributed by atoms with Crippen molar-refractivity contribution in [3.8, 4) is 5.75 Å². The smallest absolute Gasteiger partial charge is 0.335 e. The number of amides is 1. The number of carbonyl (C=O) groups is 2. The van der Waals surface area contributed by atoms with Gasteiger partial charge in [-0.2, -0.15) is 0 Å². The Morgan fingerprint density at radius 2 is 1.89 bits per heavy atom. The summed E-state index contributed by atoms with van der Waals surface area (Å²) in [5.41, 5.74) is 0.104. The van der Waals surface area contributed by atoms with Crippen molar-refractivity contribution in [1.29, 1.82) is 0 Å². The number of para-hydroxylation sites is 1. The second kappa shape index (κ2) is 5.18. The van der Waals surface area contributed by atoms with E-state index >= 15 is 0 Å². The first-order chi connectivity index (χ1) is 9.08. The van der Waals surface area contributed by atoms with Crippen molar-refractivity contribution in [3.05, 3.63) is 53.7 Å². The maximum Gasteiger partial charge on any atom is 0.335 e. The van der Waals surface area contributed by atoms with Crippen LogP contribution in [0.2, 0.25) is 0 Å². The van der Waals surface area contributed by atoms with Crippen molar-refractivity contribution in [1.82, 2.24) is 4.98 Å². The van der Waals surface area contributed by atoms with Crippen LogP contribution in [0.1, 0.15) is 20.7 Å². The van der Waals surface area contributed by atoms with Crippen LogP contribution in [0.15, 0.2) is 42.6 Å². The van der Waals surface area contributed by atoms with E-state index in [2.05, 4.69) is 10.3 Å². The number of phenols is 1. The lowest BCUT2D eigenvalue weighted by Crippen LogP contribution is -2.13. The number of aromatic hydroxyl groups is 1. The lowest BCUT2D eigenvalue weighted by atomic mass is 10.2. The third kappa shape index (κ3) is 2.86. The third-order valence-corrected chi connectivity index (χ3v) is 2.40. The molecule has 0 saturated heterocycles. The normalized spacial score (nSPS) is 9.89. The quantitative estimate of drug-likeness (QED) is 0.778. The van der Waals surface area contributed by atoms with Crippen LogP contribution in [0, 0.1) is 0 Å². The summed E-state index contributed by atoms with van der Waals surface area (Å²) in [6, 6.07) is 8.59. The summed E-state index contributed by atoms with van der Waals surface area (Å²) < 4.78 is 0. The Hall–Kier alpha value is -2.89. The first-order valence-corrected chi connectivity index (χ1v) is 5.36. The van der Waals surface area contributed by atoms with Crippen LogP contribution in [-0.4, -0.2) is 27.1 Å². The molecule has 1 aromatic carbocycles. The number of benzene rings is 1. The van der Waals surface area contributed by atoms with Gasteiger partial charge in [0, 0.05) is 6.20 Å². The van der Waals surface area contributed by atoms with Gasteiger partial charge < -0.3 is 15.5 Å². The molecule has 0 saturated carbocycles. The highest BCUT2D eigenvalue weighted by Gasteiger charge is 2.12. The Labute approximate surface area is 108 Å². The van der Waals surface area contributed by atoms with E-state index < -0.39 is 11.9 Å². The molecule has 0 aliphatic rings. The summed E-state index contributed by atoms with van der Waals surface area (Å²) in [5, 5.41) is 20.8. The Bertz CT molecular complexity index is 640. The number of carbonyl (C=O) groups excluding carboxylic acids is 1. The number of nitrogens with zero attached hydrogens (tertiary/aromatic N) is 1. The first kappa shape index (κ1) is 12.6. The summed E-state index contributed by atoms with van der Waals surface area (Å²) >= 11 is 0. The zero-order valence-electron chi connectivity index (χ0n) is 9.70. The van der Waals surface area contributed by atoms with Crippen molar-refractivity contribution < 1.29 is 19.8 Å². The molecule has 2 rings (SSSR count). The van der Waals surface area contributed by atoms with Gasteiger partial charge in [-0.25, -0.2) is 9.78 Å². The van der Waals surface area contributed by atoms with Crippen LogP contribution in [0.25, 0.3) is 0 Å². The number of hydrogen-bond donors (Lipinski definition) is 3. The lowest BCUT2D eigenvalue weighted by Gasteiger charge is -2.06. The maximum atomic E-state index is 11.9. The summed E-state index contributed by atoms with van der Waals surface area (Å²) in [6.07, 6.45) is 1.28. The third-order valence-electron chi connectivity index (χ3n) is 2.40. The molecule has 2 aromatic rings. The Balaban J connectivity index is 2.22.